The van der Waals surface area contributed by atoms with Gasteiger partial charge in [0.2, 0.25) is 0 Å². The van der Waals surface area contributed by atoms with Crippen molar-refractivity contribution in [2.24, 2.45) is 0 Å². The first kappa shape index (κ1) is 20.0. The number of hydrogen-bond donors (Lipinski definition) is 1. The fourth-order valence-electron chi connectivity index (χ4n) is 2.64. The van der Waals surface area contributed by atoms with Crippen LogP contribution in [0.5, 0.6) is 5.75 Å². The van der Waals surface area contributed by atoms with E-state index in [-0.39, 0.29) is 16.3 Å². The summed E-state index contributed by atoms with van der Waals surface area (Å²) in [6.45, 7) is 2.20. The highest BCUT2D eigenvalue weighted by Crippen LogP contribution is 2.23. The molecule has 2 aromatic carbocycles. The number of aromatic carboxylic acids is 1. The van der Waals surface area contributed by atoms with Crippen LogP contribution >= 0.6 is 11.6 Å². The molecule has 0 saturated carbocycles. The zero-order valence-corrected chi connectivity index (χ0v) is 15.6. The van der Waals surface area contributed by atoms with Crippen molar-refractivity contribution in [2.75, 3.05) is 0 Å². The van der Waals surface area contributed by atoms with E-state index in [1.54, 1.807) is 12.1 Å². The minimum absolute atomic E-state index is 0.0289. The van der Waals surface area contributed by atoms with Gasteiger partial charge in [-0.05, 0) is 42.7 Å². The summed E-state index contributed by atoms with van der Waals surface area (Å²) in [5.74, 6) is -1.42. The third-order valence-electron chi connectivity index (χ3n) is 4.14. The summed E-state index contributed by atoms with van der Waals surface area (Å²) in [5, 5.41) is 8.98. The molecular formula is C21H23ClO4. The van der Waals surface area contributed by atoms with Gasteiger partial charge in [0.15, 0.2) is 0 Å². The van der Waals surface area contributed by atoms with E-state index < -0.39 is 11.9 Å². The minimum Gasteiger partial charge on any atom is -0.478 e. The number of rotatable bonds is 9. The Morgan fingerprint density at radius 2 is 1.69 bits per heavy atom. The van der Waals surface area contributed by atoms with Gasteiger partial charge in [-0.15, -0.1) is 0 Å². The van der Waals surface area contributed by atoms with Crippen LogP contribution in [0, 0.1) is 0 Å². The summed E-state index contributed by atoms with van der Waals surface area (Å²) in [4.78, 5) is 23.1. The molecule has 1 N–H and O–H groups in total. The van der Waals surface area contributed by atoms with Crippen molar-refractivity contribution < 1.29 is 19.4 Å². The van der Waals surface area contributed by atoms with E-state index in [9.17, 15) is 9.59 Å². The van der Waals surface area contributed by atoms with Gasteiger partial charge in [-0.1, -0.05) is 56.3 Å². The first-order chi connectivity index (χ1) is 12.5. The number of unbranched alkanes of at least 4 members (excludes halogenated alkanes) is 4. The lowest BCUT2D eigenvalue weighted by molar-refractivity contribution is 0.0696. The Kier molecular flexibility index (Phi) is 7.67. The molecule has 0 spiro atoms. The highest BCUT2D eigenvalue weighted by Gasteiger charge is 2.13. The van der Waals surface area contributed by atoms with E-state index in [4.69, 9.17) is 21.4 Å². The van der Waals surface area contributed by atoms with E-state index in [1.807, 2.05) is 12.1 Å². The van der Waals surface area contributed by atoms with Crippen molar-refractivity contribution in [1.29, 1.82) is 0 Å². The predicted octanol–water partition coefficient (Wildman–Crippen LogP) is 5.77. The van der Waals surface area contributed by atoms with Gasteiger partial charge in [0.05, 0.1) is 16.1 Å². The smallest absolute Gasteiger partial charge is 0.343 e. The van der Waals surface area contributed by atoms with Crippen molar-refractivity contribution in [3.8, 4) is 5.75 Å². The lowest BCUT2D eigenvalue weighted by Gasteiger charge is -2.07. The lowest BCUT2D eigenvalue weighted by atomic mass is 10.0. The molecule has 5 heteroatoms. The summed E-state index contributed by atoms with van der Waals surface area (Å²) in [7, 11) is 0. The molecule has 0 aliphatic rings. The molecule has 0 saturated heterocycles. The maximum Gasteiger partial charge on any atom is 0.343 e. The van der Waals surface area contributed by atoms with Crippen molar-refractivity contribution in [3.63, 3.8) is 0 Å². The molecule has 0 radical (unpaired) electrons. The van der Waals surface area contributed by atoms with Crippen molar-refractivity contribution in [2.45, 2.75) is 45.4 Å². The molecule has 0 aromatic heterocycles. The molecule has 26 heavy (non-hydrogen) atoms. The molecule has 0 heterocycles. The molecule has 0 bridgehead atoms. The Balaban J connectivity index is 1.91. The number of carboxylic acid groups (broad SMARTS) is 1. The number of ether oxygens (including phenoxy) is 1. The van der Waals surface area contributed by atoms with Gasteiger partial charge in [-0.25, -0.2) is 9.59 Å². The Hall–Kier alpha value is -2.33. The average molecular weight is 375 g/mol. The maximum atomic E-state index is 12.2. The molecule has 0 unspecified atom stereocenters. The lowest BCUT2D eigenvalue weighted by Crippen LogP contribution is -2.09. The van der Waals surface area contributed by atoms with E-state index in [2.05, 4.69) is 6.92 Å². The fourth-order valence-corrected chi connectivity index (χ4v) is 2.89. The van der Waals surface area contributed by atoms with Crippen molar-refractivity contribution in [3.05, 3.63) is 64.2 Å². The molecule has 0 fully saturated rings. The zero-order chi connectivity index (χ0) is 18.9. The van der Waals surface area contributed by atoms with Crippen molar-refractivity contribution in [1.82, 2.24) is 0 Å². The molecule has 0 atom stereocenters. The molecule has 0 aliphatic heterocycles. The third-order valence-corrected chi connectivity index (χ3v) is 4.45. The summed E-state index contributed by atoms with van der Waals surface area (Å²) in [5.41, 5.74) is 1.61. The molecular weight excluding hydrogens is 352 g/mol. The number of hydrogen-bond acceptors (Lipinski definition) is 3. The van der Waals surface area contributed by atoms with Crippen LogP contribution in [0.2, 0.25) is 5.02 Å². The standard InChI is InChI=1S/C21H23ClO4/c1-2-3-4-5-6-7-15-8-10-16(11-9-15)21(25)26-17-12-13-18(20(23)24)19(22)14-17/h8-14H,2-7H2,1H3,(H,23,24). The van der Waals surface area contributed by atoms with Gasteiger partial charge in [0.1, 0.15) is 5.75 Å². The van der Waals surface area contributed by atoms with E-state index in [0.717, 1.165) is 12.8 Å². The molecule has 0 aliphatic carbocycles. The predicted molar refractivity (Wildman–Crippen MR) is 102 cm³/mol. The molecule has 138 valence electrons. The number of carbonyl (C=O) groups excluding carboxylic acids is 1. The number of benzene rings is 2. The van der Waals surface area contributed by atoms with Gasteiger partial charge < -0.3 is 9.84 Å². The number of carboxylic acids is 1. The first-order valence-corrected chi connectivity index (χ1v) is 9.23. The molecule has 2 rings (SSSR count). The summed E-state index contributed by atoms with van der Waals surface area (Å²) < 4.78 is 5.26. The Morgan fingerprint density at radius 3 is 2.31 bits per heavy atom. The van der Waals surface area contributed by atoms with Crippen LogP contribution in [0.1, 0.15) is 65.3 Å². The van der Waals surface area contributed by atoms with Gasteiger partial charge >= 0.3 is 11.9 Å². The van der Waals surface area contributed by atoms with E-state index in [1.165, 1.54) is 49.4 Å². The van der Waals surface area contributed by atoms with Crippen LogP contribution in [-0.4, -0.2) is 17.0 Å². The summed E-state index contributed by atoms with van der Waals surface area (Å²) in [6.07, 6.45) is 7.17. The second kappa shape index (κ2) is 9.97. The largest absolute Gasteiger partial charge is 0.478 e. The monoisotopic (exact) mass is 374 g/mol. The number of halogens is 1. The van der Waals surface area contributed by atoms with Crippen LogP contribution in [0.4, 0.5) is 0 Å². The second-order valence-corrected chi connectivity index (χ2v) is 6.60. The molecule has 4 nitrogen and oxygen atoms in total. The zero-order valence-electron chi connectivity index (χ0n) is 14.8. The van der Waals surface area contributed by atoms with E-state index >= 15 is 0 Å². The third kappa shape index (κ3) is 5.88. The quantitative estimate of drug-likeness (QED) is 0.344. The fraction of sp³-hybridized carbons (Fsp3) is 0.333. The van der Waals surface area contributed by atoms with Gasteiger partial charge in [0, 0.05) is 6.07 Å². The second-order valence-electron chi connectivity index (χ2n) is 6.20. The molecule has 2 aromatic rings. The van der Waals surface area contributed by atoms with Gasteiger partial charge in [-0.3, -0.25) is 0 Å². The summed E-state index contributed by atoms with van der Waals surface area (Å²) in [6, 6.07) is 11.4. The highest BCUT2D eigenvalue weighted by atomic mass is 35.5. The average Bonchev–Trinajstić information content (AvgIpc) is 2.62. The SMILES string of the molecule is CCCCCCCc1ccc(C(=O)Oc2ccc(C(=O)O)c(Cl)c2)cc1. The van der Waals surface area contributed by atoms with Crippen LogP contribution in [0.25, 0.3) is 0 Å². The number of carbonyl (C=O) groups is 2. The van der Waals surface area contributed by atoms with Gasteiger partial charge in [0.25, 0.3) is 0 Å². The van der Waals surface area contributed by atoms with Crippen LogP contribution < -0.4 is 4.74 Å². The van der Waals surface area contributed by atoms with Crippen molar-refractivity contribution >= 4 is 23.5 Å². The summed E-state index contributed by atoms with van der Waals surface area (Å²) >= 11 is 5.88. The number of aryl methyl sites for hydroxylation is 1. The topological polar surface area (TPSA) is 63.6 Å². The molecule has 0 amide bonds. The Labute approximate surface area is 158 Å². The highest BCUT2D eigenvalue weighted by molar-refractivity contribution is 6.33. The Bertz CT molecular complexity index is 753. The Morgan fingerprint density at radius 1 is 1.00 bits per heavy atom. The van der Waals surface area contributed by atoms with Crippen LogP contribution in [-0.2, 0) is 6.42 Å². The first-order valence-electron chi connectivity index (χ1n) is 8.85. The maximum absolute atomic E-state index is 12.2. The van der Waals surface area contributed by atoms with Crippen LogP contribution in [0.15, 0.2) is 42.5 Å². The van der Waals surface area contributed by atoms with Gasteiger partial charge in [-0.2, -0.15) is 0 Å². The van der Waals surface area contributed by atoms with E-state index in [0.29, 0.717) is 5.56 Å². The minimum atomic E-state index is -1.13. The van der Waals surface area contributed by atoms with Crippen LogP contribution in [0.3, 0.4) is 0 Å². The normalized spacial score (nSPS) is 10.5. The number of esters is 1.